The fourth-order valence-corrected chi connectivity index (χ4v) is 1.65. The van der Waals surface area contributed by atoms with E-state index in [1.807, 2.05) is 11.0 Å². The molecule has 7 nitrogen and oxygen atoms in total. The quantitative estimate of drug-likeness (QED) is 0.286. The SMILES string of the molecule is COCCNC(=O)/C(C#N)=C\N1CCN(C=O)CC1. The second-order valence-electron chi connectivity index (χ2n) is 4.08. The van der Waals surface area contributed by atoms with Crippen LogP contribution in [0.5, 0.6) is 0 Å². The van der Waals surface area contributed by atoms with Crippen LogP contribution >= 0.6 is 0 Å². The second-order valence-corrected chi connectivity index (χ2v) is 4.08. The lowest BCUT2D eigenvalue weighted by Crippen LogP contribution is -2.43. The van der Waals surface area contributed by atoms with Gasteiger partial charge in [0.1, 0.15) is 11.6 Å². The maximum absolute atomic E-state index is 11.7. The van der Waals surface area contributed by atoms with Crippen molar-refractivity contribution in [1.82, 2.24) is 15.1 Å². The largest absolute Gasteiger partial charge is 0.383 e. The lowest BCUT2D eigenvalue weighted by molar-refractivity contribution is -0.119. The number of nitrogens with one attached hydrogen (secondary N) is 1. The number of nitrogens with zero attached hydrogens (tertiary/aromatic N) is 3. The maximum Gasteiger partial charge on any atom is 0.263 e. The van der Waals surface area contributed by atoms with Crippen molar-refractivity contribution in [2.24, 2.45) is 0 Å². The molecule has 1 aliphatic heterocycles. The van der Waals surface area contributed by atoms with Crippen LogP contribution in [-0.4, -0.2) is 68.6 Å². The van der Waals surface area contributed by atoms with Crippen LogP contribution in [0.2, 0.25) is 0 Å². The van der Waals surface area contributed by atoms with Gasteiger partial charge in [-0.05, 0) is 0 Å². The molecular formula is C12H18N4O3. The van der Waals surface area contributed by atoms with Gasteiger partial charge < -0.3 is 19.9 Å². The molecule has 1 rings (SSSR count). The van der Waals surface area contributed by atoms with E-state index in [2.05, 4.69) is 5.32 Å². The minimum absolute atomic E-state index is 0.0654. The zero-order valence-electron chi connectivity index (χ0n) is 11.0. The Morgan fingerprint density at radius 2 is 2.00 bits per heavy atom. The number of hydrogen-bond acceptors (Lipinski definition) is 5. The summed E-state index contributed by atoms with van der Waals surface area (Å²) in [6, 6.07) is 1.88. The lowest BCUT2D eigenvalue weighted by atomic mass is 10.2. The molecule has 1 aliphatic rings. The van der Waals surface area contributed by atoms with E-state index in [4.69, 9.17) is 10.00 Å². The van der Waals surface area contributed by atoms with Crippen molar-refractivity contribution in [3.05, 3.63) is 11.8 Å². The van der Waals surface area contributed by atoms with Crippen molar-refractivity contribution >= 4 is 12.3 Å². The van der Waals surface area contributed by atoms with E-state index in [1.165, 1.54) is 0 Å². The van der Waals surface area contributed by atoms with E-state index in [0.29, 0.717) is 39.3 Å². The van der Waals surface area contributed by atoms with Gasteiger partial charge >= 0.3 is 0 Å². The molecule has 0 saturated carbocycles. The smallest absolute Gasteiger partial charge is 0.263 e. The molecule has 0 aromatic carbocycles. The molecule has 1 heterocycles. The van der Waals surface area contributed by atoms with Gasteiger partial charge in [0, 0.05) is 46.0 Å². The first-order chi connectivity index (χ1) is 9.21. The third-order valence-electron chi connectivity index (χ3n) is 2.77. The Morgan fingerprint density at radius 3 is 2.53 bits per heavy atom. The molecule has 0 spiro atoms. The average Bonchev–Trinajstić information content (AvgIpc) is 2.45. The highest BCUT2D eigenvalue weighted by Crippen LogP contribution is 2.03. The summed E-state index contributed by atoms with van der Waals surface area (Å²) in [6.45, 7) is 3.22. The zero-order valence-corrected chi connectivity index (χ0v) is 11.0. The van der Waals surface area contributed by atoms with E-state index < -0.39 is 5.91 Å². The molecule has 104 valence electrons. The van der Waals surface area contributed by atoms with Crippen LogP contribution in [0.1, 0.15) is 0 Å². The summed E-state index contributed by atoms with van der Waals surface area (Å²) in [5.41, 5.74) is 0.0654. The van der Waals surface area contributed by atoms with E-state index >= 15 is 0 Å². The van der Waals surface area contributed by atoms with Crippen molar-refractivity contribution in [2.45, 2.75) is 0 Å². The van der Waals surface area contributed by atoms with Crippen molar-refractivity contribution < 1.29 is 14.3 Å². The molecule has 0 unspecified atom stereocenters. The number of carbonyl (C=O) groups excluding carboxylic acids is 2. The normalized spacial score (nSPS) is 15.9. The first-order valence-electron chi connectivity index (χ1n) is 6.03. The Kier molecular flexibility index (Phi) is 6.39. The third-order valence-corrected chi connectivity index (χ3v) is 2.77. The fraction of sp³-hybridized carbons (Fsp3) is 0.583. The summed E-state index contributed by atoms with van der Waals surface area (Å²) in [4.78, 5) is 25.8. The maximum atomic E-state index is 11.7. The summed E-state index contributed by atoms with van der Waals surface area (Å²) in [5, 5.41) is 11.6. The molecule has 0 aliphatic carbocycles. The molecule has 1 fully saturated rings. The highest BCUT2D eigenvalue weighted by Gasteiger charge is 2.15. The number of methoxy groups -OCH3 is 1. The van der Waals surface area contributed by atoms with Crippen LogP contribution < -0.4 is 5.32 Å². The zero-order chi connectivity index (χ0) is 14.1. The van der Waals surface area contributed by atoms with E-state index in [9.17, 15) is 9.59 Å². The Hall–Kier alpha value is -2.07. The Morgan fingerprint density at radius 1 is 1.37 bits per heavy atom. The van der Waals surface area contributed by atoms with E-state index in [1.54, 1.807) is 18.2 Å². The van der Waals surface area contributed by atoms with Gasteiger partial charge in [-0.25, -0.2) is 0 Å². The van der Waals surface area contributed by atoms with Gasteiger partial charge in [-0.3, -0.25) is 9.59 Å². The number of piperazine rings is 1. The number of nitriles is 1. The van der Waals surface area contributed by atoms with Crippen LogP contribution in [0.4, 0.5) is 0 Å². The average molecular weight is 266 g/mol. The van der Waals surface area contributed by atoms with E-state index in [-0.39, 0.29) is 5.57 Å². The molecule has 0 bridgehead atoms. The Bertz CT molecular complexity index is 381. The predicted molar refractivity (Wildman–Crippen MR) is 67.8 cm³/mol. The predicted octanol–water partition coefficient (Wildman–Crippen LogP) is -1.07. The van der Waals surface area contributed by atoms with Gasteiger partial charge in [-0.1, -0.05) is 0 Å². The third kappa shape index (κ3) is 4.97. The molecule has 0 aromatic rings. The van der Waals surface area contributed by atoms with Gasteiger partial charge in [0.25, 0.3) is 5.91 Å². The van der Waals surface area contributed by atoms with Crippen LogP contribution in [0.3, 0.4) is 0 Å². The Balaban J connectivity index is 2.50. The Labute approximate surface area is 112 Å². The monoisotopic (exact) mass is 266 g/mol. The number of carbonyl (C=O) groups is 2. The number of ether oxygens (including phenoxy) is 1. The number of amides is 2. The number of hydrogen-bond donors (Lipinski definition) is 1. The highest BCUT2D eigenvalue weighted by molar-refractivity contribution is 5.97. The topological polar surface area (TPSA) is 85.7 Å². The van der Waals surface area contributed by atoms with Crippen molar-refractivity contribution in [1.29, 1.82) is 5.26 Å². The molecule has 1 saturated heterocycles. The van der Waals surface area contributed by atoms with Crippen LogP contribution in [0.25, 0.3) is 0 Å². The van der Waals surface area contributed by atoms with Crippen molar-refractivity contribution in [3.63, 3.8) is 0 Å². The summed E-state index contributed by atoms with van der Waals surface area (Å²) in [5.74, 6) is -0.405. The highest BCUT2D eigenvalue weighted by atomic mass is 16.5. The van der Waals surface area contributed by atoms with Gasteiger partial charge in [0.2, 0.25) is 6.41 Å². The second kappa shape index (κ2) is 8.11. The van der Waals surface area contributed by atoms with Crippen molar-refractivity contribution in [3.8, 4) is 6.07 Å². The summed E-state index contributed by atoms with van der Waals surface area (Å²) in [6.07, 6.45) is 2.36. The lowest BCUT2D eigenvalue weighted by Gasteiger charge is -2.31. The molecule has 7 heteroatoms. The van der Waals surface area contributed by atoms with Gasteiger partial charge in [-0.2, -0.15) is 5.26 Å². The summed E-state index contributed by atoms with van der Waals surface area (Å²) >= 11 is 0. The van der Waals surface area contributed by atoms with Crippen LogP contribution in [-0.2, 0) is 14.3 Å². The molecule has 1 N–H and O–H groups in total. The molecular weight excluding hydrogens is 248 g/mol. The minimum atomic E-state index is -0.405. The number of rotatable bonds is 6. The van der Waals surface area contributed by atoms with Gasteiger partial charge in [-0.15, -0.1) is 0 Å². The first kappa shape index (κ1) is 15.0. The first-order valence-corrected chi connectivity index (χ1v) is 6.03. The minimum Gasteiger partial charge on any atom is -0.383 e. The fourth-order valence-electron chi connectivity index (χ4n) is 1.65. The van der Waals surface area contributed by atoms with E-state index in [0.717, 1.165) is 6.41 Å². The molecule has 0 atom stereocenters. The molecule has 2 amide bonds. The standard InChI is InChI=1S/C12H18N4O3/c1-19-7-2-14-12(18)11(8-13)9-15-3-5-16(10-17)6-4-15/h9-10H,2-7H2,1H3,(H,14,18)/b11-9-. The van der Waals surface area contributed by atoms with Crippen LogP contribution in [0.15, 0.2) is 11.8 Å². The van der Waals surface area contributed by atoms with Crippen molar-refractivity contribution in [2.75, 3.05) is 46.4 Å². The molecule has 19 heavy (non-hydrogen) atoms. The van der Waals surface area contributed by atoms with Crippen LogP contribution in [0, 0.1) is 11.3 Å². The van der Waals surface area contributed by atoms with Gasteiger partial charge in [0.15, 0.2) is 0 Å². The molecule has 0 radical (unpaired) electrons. The van der Waals surface area contributed by atoms with Gasteiger partial charge in [0.05, 0.1) is 6.61 Å². The molecule has 0 aromatic heterocycles. The summed E-state index contributed by atoms with van der Waals surface area (Å²) in [7, 11) is 1.54. The summed E-state index contributed by atoms with van der Waals surface area (Å²) < 4.78 is 4.81.